The number of hydrogen-bond donors (Lipinski definition) is 2. The zero-order valence-corrected chi connectivity index (χ0v) is 9.75. The number of para-hydroxylation sites is 1. The third-order valence-corrected chi connectivity index (χ3v) is 2.60. The van der Waals surface area contributed by atoms with Crippen LogP contribution in [0.4, 0.5) is 0 Å². The smallest absolute Gasteiger partial charge is 0.200 e. The molecule has 2 aromatic rings. The van der Waals surface area contributed by atoms with Crippen LogP contribution in [-0.2, 0) is 0 Å². The number of ketones is 1. The molecule has 0 aliphatic carbocycles. The highest BCUT2D eigenvalue weighted by atomic mass is 16.5. The van der Waals surface area contributed by atoms with Gasteiger partial charge in [-0.1, -0.05) is 12.1 Å². The van der Waals surface area contributed by atoms with Gasteiger partial charge >= 0.3 is 0 Å². The van der Waals surface area contributed by atoms with Gasteiger partial charge < -0.3 is 14.9 Å². The highest BCUT2D eigenvalue weighted by molar-refractivity contribution is 6.12. The van der Waals surface area contributed by atoms with Gasteiger partial charge in [0.05, 0.1) is 18.2 Å². The number of carbonyl (C=O) groups excluding carboxylic acids is 1. The second-order valence-electron chi connectivity index (χ2n) is 3.73. The Hall–Kier alpha value is -2.49. The summed E-state index contributed by atoms with van der Waals surface area (Å²) in [6, 6.07) is 10.6. The Morgan fingerprint density at radius 2 is 1.72 bits per heavy atom. The van der Waals surface area contributed by atoms with Crippen LogP contribution in [0, 0.1) is 0 Å². The molecule has 2 rings (SSSR count). The first-order chi connectivity index (χ1) is 8.63. The average Bonchev–Trinajstić information content (AvgIpc) is 2.38. The first kappa shape index (κ1) is 12.0. The summed E-state index contributed by atoms with van der Waals surface area (Å²) in [5.41, 5.74) is 0.273. The van der Waals surface area contributed by atoms with Crippen molar-refractivity contribution in [3.63, 3.8) is 0 Å². The molecule has 0 amide bonds. The molecule has 0 radical (unpaired) electrons. The second kappa shape index (κ2) is 4.79. The van der Waals surface area contributed by atoms with E-state index in [1.54, 1.807) is 18.2 Å². The third kappa shape index (κ3) is 2.13. The molecule has 4 heteroatoms. The zero-order chi connectivity index (χ0) is 13.1. The number of phenolic OH excluding ortho intramolecular Hbond substituents is 2. The Labute approximate surface area is 107 Å². The minimum Gasteiger partial charge on any atom is -0.507 e. The van der Waals surface area contributed by atoms with Crippen molar-refractivity contribution in [2.75, 3.05) is 7.11 Å². The van der Waals surface area contributed by atoms with Gasteiger partial charge in [-0.25, -0.2) is 0 Å². The molecule has 4 nitrogen and oxygen atoms in total. The first-order valence-corrected chi connectivity index (χ1v) is 5.33. The van der Waals surface area contributed by atoms with E-state index in [1.807, 2.05) is 0 Å². The van der Waals surface area contributed by atoms with E-state index in [0.717, 1.165) is 0 Å². The van der Waals surface area contributed by atoms with E-state index >= 15 is 0 Å². The molecule has 0 heterocycles. The molecule has 0 atom stereocenters. The van der Waals surface area contributed by atoms with Crippen molar-refractivity contribution in [3.05, 3.63) is 53.6 Å². The molecule has 0 aliphatic rings. The molecule has 0 spiro atoms. The van der Waals surface area contributed by atoms with Crippen LogP contribution in [-0.4, -0.2) is 23.1 Å². The van der Waals surface area contributed by atoms with Gasteiger partial charge in [0.25, 0.3) is 0 Å². The van der Waals surface area contributed by atoms with Gasteiger partial charge in [-0.2, -0.15) is 0 Å². The highest BCUT2D eigenvalue weighted by Crippen LogP contribution is 2.28. The van der Waals surface area contributed by atoms with Crippen molar-refractivity contribution >= 4 is 5.78 Å². The Balaban J connectivity index is 0.00000180. The lowest BCUT2D eigenvalue weighted by atomic mass is 10.0. The lowest BCUT2D eigenvalue weighted by Crippen LogP contribution is -2.02. The van der Waals surface area contributed by atoms with Crippen LogP contribution in [0.1, 0.15) is 18.8 Å². The summed E-state index contributed by atoms with van der Waals surface area (Å²) in [6.07, 6.45) is 0. The molecular formula is C14H16O4. The Bertz CT molecular complexity index is 599. The summed E-state index contributed by atoms with van der Waals surface area (Å²) in [5, 5.41) is 19.4. The van der Waals surface area contributed by atoms with Gasteiger partial charge in [-0.05, 0) is 24.3 Å². The molecule has 2 N–H and O–H groups in total. The van der Waals surface area contributed by atoms with Crippen LogP contribution in [0.5, 0.6) is 17.2 Å². The number of ether oxygens (including phenoxy) is 1. The summed E-state index contributed by atoms with van der Waals surface area (Å²) in [4.78, 5) is 12.1. The van der Waals surface area contributed by atoms with Crippen LogP contribution in [0.2, 0.25) is 0 Å². The number of hydrogen-bond acceptors (Lipinski definition) is 4. The minimum atomic E-state index is -0.437. The van der Waals surface area contributed by atoms with Crippen LogP contribution in [0.15, 0.2) is 42.5 Å². The van der Waals surface area contributed by atoms with Crippen molar-refractivity contribution in [1.82, 2.24) is 0 Å². The Morgan fingerprint density at radius 1 is 1.06 bits per heavy atom. The summed E-state index contributed by atoms with van der Waals surface area (Å²) < 4.78 is 4.94. The lowest BCUT2D eigenvalue weighted by molar-refractivity contribution is 0.103. The molecule has 0 aliphatic heterocycles. The second-order valence-corrected chi connectivity index (χ2v) is 3.73. The van der Waals surface area contributed by atoms with E-state index in [-0.39, 0.29) is 25.5 Å². The predicted octanol–water partition coefficient (Wildman–Crippen LogP) is 2.83. The Morgan fingerprint density at radius 3 is 2.33 bits per heavy atom. The molecule has 96 valence electrons. The molecular weight excluding hydrogens is 232 g/mol. The van der Waals surface area contributed by atoms with Crippen molar-refractivity contribution in [2.24, 2.45) is 0 Å². The van der Waals surface area contributed by atoms with Crippen molar-refractivity contribution in [2.45, 2.75) is 0 Å². The maximum Gasteiger partial charge on any atom is 0.200 e. The van der Waals surface area contributed by atoms with Gasteiger partial charge in [0.1, 0.15) is 17.2 Å². The standard InChI is InChI=1S/C14H12O4.2H2/c1-18-9-6-7-11(13(16)8-9)14(17)10-4-2-3-5-12(10)15;;/h2-8,15-16H,1H3;2*1H. The normalized spacial score (nSPS) is 10.1. The molecule has 0 unspecified atom stereocenters. The molecule has 2 aromatic carbocycles. The first-order valence-electron chi connectivity index (χ1n) is 5.33. The number of benzene rings is 2. The largest absolute Gasteiger partial charge is 0.507 e. The summed E-state index contributed by atoms with van der Waals surface area (Å²) in [7, 11) is 1.47. The maximum atomic E-state index is 12.1. The number of rotatable bonds is 3. The van der Waals surface area contributed by atoms with Crippen molar-refractivity contribution in [3.8, 4) is 17.2 Å². The van der Waals surface area contributed by atoms with Crippen LogP contribution in [0.3, 0.4) is 0 Å². The van der Waals surface area contributed by atoms with Crippen LogP contribution < -0.4 is 4.74 Å². The predicted molar refractivity (Wildman–Crippen MR) is 70.4 cm³/mol. The summed E-state index contributed by atoms with van der Waals surface area (Å²) in [5.74, 6) is -0.269. The van der Waals surface area contributed by atoms with E-state index < -0.39 is 5.78 Å². The third-order valence-electron chi connectivity index (χ3n) is 2.60. The van der Waals surface area contributed by atoms with Gasteiger partial charge in [0.2, 0.25) is 0 Å². The molecule has 0 aromatic heterocycles. The average molecular weight is 248 g/mol. The number of aromatic hydroxyl groups is 2. The molecule has 0 saturated carbocycles. The zero-order valence-electron chi connectivity index (χ0n) is 9.75. The fourth-order valence-electron chi connectivity index (χ4n) is 1.64. The molecule has 0 bridgehead atoms. The number of carbonyl (C=O) groups is 1. The Kier molecular flexibility index (Phi) is 3.19. The van der Waals surface area contributed by atoms with Gasteiger partial charge in [0, 0.05) is 8.92 Å². The maximum absolute atomic E-state index is 12.1. The van der Waals surface area contributed by atoms with E-state index in [0.29, 0.717) is 5.75 Å². The molecule has 18 heavy (non-hydrogen) atoms. The van der Waals surface area contributed by atoms with E-state index in [9.17, 15) is 15.0 Å². The number of phenols is 2. The minimum absolute atomic E-state index is 0. The van der Waals surface area contributed by atoms with E-state index in [4.69, 9.17) is 4.74 Å². The summed E-state index contributed by atoms with van der Waals surface area (Å²) in [6.45, 7) is 0. The fraction of sp³-hybridized carbons (Fsp3) is 0.0714. The molecule has 0 fully saturated rings. The SMILES string of the molecule is COc1ccc(C(=O)c2ccccc2O)c(O)c1.[HH].[HH]. The van der Waals surface area contributed by atoms with E-state index in [2.05, 4.69) is 0 Å². The van der Waals surface area contributed by atoms with Gasteiger partial charge in [-0.15, -0.1) is 0 Å². The monoisotopic (exact) mass is 248 g/mol. The van der Waals surface area contributed by atoms with Gasteiger partial charge in [-0.3, -0.25) is 4.79 Å². The van der Waals surface area contributed by atoms with Crippen molar-refractivity contribution < 1.29 is 22.6 Å². The van der Waals surface area contributed by atoms with Gasteiger partial charge in [0.15, 0.2) is 5.78 Å². The topological polar surface area (TPSA) is 66.8 Å². The fourth-order valence-corrected chi connectivity index (χ4v) is 1.64. The van der Waals surface area contributed by atoms with E-state index in [1.165, 1.54) is 31.4 Å². The highest BCUT2D eigenvalue weighted by Gasteiger charge is 2.16. The molecule has 0 saturated heterocycles. The lowest BCUT2D eigenvalue weighted by Gasteiger charge is -2.07. The number of methoxy groups -OCH3 is 1. The van der Waals surface area contributed by atoms with Crippen molar-refractivity contribution in [1.29, 1.82) is 0 Å². The van der Waals surface area contributed by atoms with Crippen LogP contribution >= 0.6 is 0 Å². The summed E-state index contributed by atoms with van der Waals surface area (Å²) >= 11 is 0. The quantitative estimate of drug-likeness (QED) is 0.820. The van der Waals surface area contributed by atoms with Crippen LogP contribution in [0.25, 0.3) is 0 Å².